The largest absolute Gasteiger partial charge is 0.378 e. The first kappa shape index (κ1) is 25.4. The Hall–Kier alpha value is -0.320. The van der Waals surface area contributed by atoms with Crippen LogP contribution in [0.3, 0.4) is 0 Å². The third-order valence-corrected chi connectivity index (χ3v) is 11.9. The van der Waals surface area contributed by atoms with E-state index in [-0.39, 0.29) is 0 Å². The van der Waals surface area contributed by atoms with Gasteiger partial charge in [-0.05, 0) is 65.2 Å². The zero-order valence-corrected chi connectivity index (χ0v) is 23.7. The van der Waals surface area contributed by atoms with Crippen LogP contribution in [0.25, 0.3) is 0 Å². The maximum Gasteiger partial charge on any atom is 0.0718 e. The molecule has 0 aliphatic carbocycles. The average Bonchev–Trinajstić information content (AvgIpc) is 3.79. The fraction of sp³-hybridized carbons (Fsp3) is 1.00. The molecule has 9 rings (SSSR count). The van der Waals surface area contributed by atoms with E-state index < -0.39 is 0 Å². The van der Waals surface area contributed by atoms with Crippen molar-refractivity contribution in [1.29, 1.82) is 0 Å². The molecule has 12 atom stereocenters. The first-order valence-electron chi connectivity index (χ1n) is 16.1. The summed E-state index contributed by atoms with van der Waals surface area (Å²) in [5.41, 5.74) is 0. The minimum atomic E-state index is 0.431. The Morgan fingerprint density at radius 1 is 0.553 bits per heavy atom. The highest BCUT2D eigenvalue weighted by Gasteiger charge is 2.51. The van der Waals surface area contributed by atoms with Gasteiger partial charge >= 0.3 is 0 Å². The normalized spacial score (nSPS) is 46.3. The van der Waals surface area contributed by atoms with Gasteiger partial charge in [0.25, 0.3) is 0 Å². The van der Waals surface area contributed by atoms with Crippen molar-refractivity contribution >= 4 is 0 Å². The summed E-state index contributed by atoms with van der Waals surface area (Å²) in [6.07, 6.45) is 11.5. The molecule has 0 amide bonds. The van der Waals surface area contributed by atoms with E-state index in [1.165, 1.54) is 51.4 Å². The van der Waals surface area contributed by atoms with Crippen molar-refractivity contribution in [1.82, 2.24) is 19.6 Å². The molecule has 0 N–H and O–H groups in total. The van der Waals surface area contributed by atoms with E-state index in [9.17, 15) is 0 Å². The Morgan fingerprint density at radius 2 is 1.08 bits per heavy atom. The van der Waals surface area contributed by atoms with Gasteiger partial charge in [-0.2, -0.15) is 0 Å². The Morgan fingerprint density at radius 3 is 1.61 bits per heavy atom. The maximum absolute atomic E-state index is 6.25. The summed E-state index contributed by atoms with van der Waals surface area (Å²) >= 11 is 0. The summed E-state index contributed by atoms with van der Waals surface area (Å²) < 4.78 is 24.4. The first-order valence-corrected chi connectivity index (χ1v) is 16.1. The van der Waals surface area contributed by atoms with E-state index in [1.807, 2.05) is 0 Å². The highest BCUT2D eigenvalue weighted by Crippen LogP contribution is 2.40. The van der Waals surface area contributed by atoms with Gasteiger partial charge in [0.05, 0.1) is 51.3 Å². The monoisotopic (exact) mass is 530 g/mol. The molecular formula is C30H50N4O4. The molecule has 9 fully saturated rings. The van der Waals surface area contributed by atoms with Crippen LogP contribution in [0.15, 0.2) is 0 Å². The summed E-state index contributed by atoms with van der Waals surface area (Å²) in [4.78, 5) is 11.6. The van der Waals surface area contributed by atoms with Gasteiger partial charge in [-0.25, -0.2) is 0 Å². The lowest BCUT2D eigenvalue weighted by atomic mass is 9.86. The number of likely N-dealkylation sites (tertiary alicyclic amines) is 2. The lowest BCUT2D eigenvalue weighted by molar-refractivity contribution is -0.140. The Balaban J connectivity index is 1.09. The van der Waals surface area contributed by atoms with E-state index in [2.05, 4.69) is 33.4 Å². The van der Waals surface area contributed by atoms with E-state index in [4.69, 9.17) is 18.9 Å². The highest BCUT2D eigenvalue weighted by molar-refractivity contribution is 5.05. The van der Waals surface area contributed by atoms with Crippen LogP contribution in [-0.4, -0.2) is 145 Å². The van der Waals surface area contributed by atoms with Gasteiger partial charge in [0.15, 0.2) is 0 Å². The SMILES string of the molecule is CC(CC(C(CC(C)N1C2CCC1COC2)N1CC2CCC1CO2)N1CC2CC1CO2)N1CC2CC1CO2. The van der Waals surface area contributed by atoms with Crippen LogP contribution in [0.4, 0.5) is 0 Å². The predicted octanol–water partition coefficient (Wildman–Crippen LogP) is 1.95. The molecular weight excluding hydrogens is 480 g/mol. The van der Waals surface area contributed by atoms with Crippen molar-refractivity contribution in [2.45, 2.75) is 138 Å². The van der Waals surface area contributed by atoms with Crippen LogP contribution in [0.5, 0.6) is 0 Å². The van der Waals surface area contributed by atoms with Crippen LogP contribution in [0.2, 0.25) is 0 Å². The molecule has 8 nitrogen and oxygen atoms in total. The second-order valence-electron chi connectivity index (χ2n) is 14.1. The Labute approximate surface area is 229 Å². The molecule has 8 bridgehead atoms. The quantitative estimate of drug-likeness (QED) is 0.449. The van der Waals surface area contributed by atoms with Gasteiger partial charge in [-0.1, -0.05) is 0 Å². The van der Waals surface area contributed by atoms with Gasteiger partial charge in [0, 0.05) is 74.0 Å². The number of fused-ring (bicyclic) bond motifs is 9. The van der Waals surface area contributed by atoms with Crippen LogP contribution in [-0.2, 0) is 18.9 Å². The minimum Gasteiger partial charge on any atom is -0.378 e. The number of ether oxygens (including phenoxy) is 4. The van der Waals surface area contributed by atoms with Crippen molar-refractivity contribution in [3.8, 4) is 0 Å². The van der Waals surface area contributed by atoms with Crippen LogP contribution >= 0.6 is 0 Å². The van der Waals surface area contributed by atoms with Crippen molar-refractivity contribution in [2.75, 3.05) is 52.7 Å². The van der Waals surface area contributed by atoms with Crippen molar-refractivity contribution in [2.24, 2.45) is 0 Å². The van der Waals surface area contributed by atoms with Gasteiger partial charge in [0.2, 0.25) is 0 Å². The summed E-state index contributed by atoms with van der Waals surface area (Å²) in [7, 11) is 0. The third-order valence-electron chi connectivity index (χ3n) is 11.9. The molecule has 214 valence electrons. The zero-order valence-electron chi connectivity index (χ0n) is 23.7. The van der Waals surface area contributed by atoms with Crippen molar-refractivity contribution in [3.05, 3.63) is 0 Å². The second kappa shape index (κ2) is 10.2. The van der Waals surface area contributed by atoms with E-state index in [0.717, 1.165) is 52.7 Å². The number of piperidine rings is 1. The number of nitrogens with zero attached hydrogens (tertiary/aromatic N) is 4. The number of hydrogen-bond donors (Lipinski definition) is 0. The molecule has 0 radical (unpaired) electrons. The minimum absolute atomic E-state index is 0.431. The van der Waals surface area contributed by atoms with Crippen molar-refractivity contribution < 1.29 is 18.9 Å². The second-order valence-corrected chi connectivity index (χ2v) is 14.1. The molecule has 9 saturated heterocycles. The fourth-order valence-electron chi connectivity index (χ4n) is 10.2. The predicted molar refractivity (Wildman–Crippen MR) is 144 cm³/mol. The summed E-state index contributed by atoms with van der Waals surface area (Å²) in [5.74, 6) is 0. The highest BCUT2D eigenvalue weighted by atomic mass is 16.5. The van der Waals surface area contributed by atoms with Crippen LogP contribution in [0.1, 0.15) is 65.2 Å². The molecule has 12 unspecified atom stereocenters. The smallest absolute Gasteiger partial charge is 0.0718 e. The van der Waals surface area contributed by atoms with Gasteiger partial charge in [0.1, 0.15) is 0 Å². The van der Waals surface area contributed by atoms with E-state index in [1.54, 1.807) is 0 Å². The maximum atomic E-state index is 6.25. The topological polar surface area (TPSA) is 49.9 Å². The zero-order chi connectivity index (χ0) is 25.4. The molecule has 0 aromatic heterocycles. The first-order chi connectivity index (χ1) is 18.6. The molecule has 38 heavy (non-hydrogen) atoms. The van der Waals surface area contributed by atoms with E-state index >= 15 is 0 Å². The third kappa shape index (κ3) is 4.41. The molecule has 0 saturated carbocycles. The Kier molecular flexibility index (Phi) is 6.81. The average molecular weight is 531 g/mol. The lowest BCUT2D eigenvalue weighted by Gasteiger charge is -2.54. The van der Waals surface area contributed by atoms with Crippen LogP contribution in [0, 0.1) is 0 Å². The summed E-state index contributed by atoms with van der Waals surface area (Å²) in [6, 6.07) is 5.40. The molecule has 0 aromatic rings. The Bertz CT molecular complexity index is 840. The van der Waals surface area contributed by atoms with Gasteiger partial charge in [-0.3, -0.25) is 19.6 Å². The van der Waals surface area contributed by atoms with Gasteiger partial charge in [-0.15, -0.1) is 0 Å². The van der Waals surface area contributed by atoms with Crippen LogP contribution < -0.4 is 0 Å². The lowest BCUT2D eigenvalue weighted by Crippen LogP contribution is -2.66. The summed E-state index contributed by atoms with van der Waals surface area (Å²) in [6.45, 7) is 13.1. The standard InChI is InChI=1S/C30H50N4O4/c1-19(31-12-27-9-24(31)17-37-27)7-29(33-13-28-10-25(33)18-38-28)30(32-11-26-6-5-21(32)16-36-26)8-20(2)34-22-3-4-23(34)15-35-14-22/h19-30H,3-18H2,1-2H3. The molecule has 9 heterocycles. The molecule has 0 aromatic carbocycles. The number of hydrogen-bond acceptors (Lipinski definition) is 8. The van der Waals surface area contributed by atoms with Crippen molar-refractivity contribution in [3.63, 3.8) is 0 Å². The van der Waals surface area contributed by atoms with E-state index in [0.29, 0.717) is 72.7 Å². The molecule has 8 heteroatoms. The van der Waals surface area contributed by atoms with Gasteiger partial charge < -0.3 is 18.9 Å². The molecule has 9 aliphatic heterocycles. The molecule has 0 spiro atoms. The summed E-state index contributed by atoms with van der Waals surface area (Å²) in [5, 5.41) is 0. The number of rotatable bonds is 9. The molecule has 9 aliphatic rings. The number of morpholine rings is 4. The fourth-order valence-corrected chi connectivity index (χ4v) is 10.2.